The Morgan fingerprint density at radius 3 is 2.81 bits per heavy atom. The third-order valence-corrected chi connectivity index (χ3v) is 2.21. The number of nitrogens with zero attached hydrogens (tertiary/aromatic N) is 2. The number of amides is 1. The number of aromatic nitrogens is 2. The molecule has 0 saturated carbocycles. The number of fused-ring (bicyclic) bond motifs is 1. The van der Waals surface area contributed by atoms with Gasteiger partial charge in [0.15, 0.2) is 5.75 Å². The quantitative estimate of drug-likeness (QED) is 0.624. The first-order valence-corrected chi connectivity index (χ1v) is 4.33. The van der Waals surface area contributed by atoms with Crippen LogP contribution in [0.4, 0.5) is 0 Å². The van der Waals surface area contributed by atoms with Crippen LogP contribution in [0.15, 0.2) is 12.1 Å². The Bertz CT molecular complexity index is 576. The minimum atomic E-state index is -0.675. The fourth-order valence-corrected chi connectivity index (χ4v) is 1.50. The number of imidazole rings is 1. The van der Waals surface area contributed by atoms with E-state index in [9.17, 15) is 15.1 Å². The number of hydrogen-bond donors (Lipinski definition) is 3. The summed E-state index contributed by atoms with van der Waals surface area (Å²) in [6.07, 6.45) is 0. The van der Waals surface area contributed by atoms with E-state index in [1.807, 2.05) is 0 Å². The van der Waals surface area contributed by atoms with Gasteiger partial charge in [0.1, 0.15) is 11.0 Å². The maximum atomic E-state index is 11.1. The molecule has 1 aromatic heterocycles. The number of hydrogen-bond acceptors (Lipinski definition) is 5. The van der Waals surface area contributed by atoms with Gasteiger partial charge in [0.2, 0.25) is 0 Å². The maximum absolute atomic E-state index is 11.1. The molecule has 0 aliphatic rings. The summed E-state index contributed by atoms with van der Waals surface area (Å²) in [4.78, 5) is 14.8. The number of benzene rings is 1. The normalized spacial score (nSPS) is 10.6. The highest BCUT2D eigenvalue weighted by molar-refractivity contribution is 6.01. The number of methoxy groups -OCH3 is 1. The molecule has 2 rings (SSSR count). The second kappa shape index (κ2) is 3.30. The van der Waals surface area contributed by atoms with Gasteiger partial charge < -0.3 is 20.8 Å². The highest BCUT2D eigenvalue weighted by Gasteiger charge is 2.18. The summed E-state index contributed by atoms with van der Waals surface area (Å²) < 4.78 is 5.48. The van der Waals surface area contributed by atoms with E-state index in [4.69, 9.17) is 10.5 Å². The van der Waals surface area contributed by atoms with E-state index in [0.717, 1.165) is 0 Å². The van der Waals surface area contributed by atoms with Gasteiger partial charge in [-0.25, -0.2) is 0 Å². The van der Waals surface area contributed by atoms with E-state index in [0.29, 0.717) is 4.73 Å². The molecular formula is C9H9N3O4. The van der Waals surface area contributed by atoms with Crippen molar-refractivity contribution in [3.05, 3.63) is 17.7 Å². The van der Waals surface area contributed by atoms with Crippen LogP contribution in [0.25, 0.3) is 11.0 Å². The van der Waals surface area contributed by atoms with Crippen molar-refractivity contribution in [2.75, 3.05) is 7.11 Å². The Morgan fingerprint density at radius 1 is 1.56 bits per heavy atom. The first kappa shape index (κ1) is 10.1. The van der Waals surface area contributed by atoms with E-state index >= 15 is 0 Å². The molecule has 84 valence electrons. The van der Waals surface area contributed by atoms with Crippen LogP contribution in [0.3, 0.4) is 0 Å². The number of rotatable bonds is 2. The molecule has 0 aliphatic heterocycles. The summed E-state index contributed by atoms with van der Waals surface area (Å²) in [5, 5.41) is 18.6. The Hall–Kier alpha value is -2.44. The van der Waals surface area contributed by atoms with Gasteiger partial charge in [-0.3, -0.25) is 4.79 Å². The SMILES string of the molecule is COc1c(C(N)=O)ccc2c1nc(O)n2O. The van der Waals surface area contributed by atoms with Crippen molar-refractivity contribution in [1.82, 2.24) is 9.71 Å². The average molecular weight is 223 g/mol. The number of carbonyl (C=O) groups is 1. The van der Waals surface area contributed by atoms with Crippen LogP contribution in [0.2, 0.25) is 0 Å². The van der Waals surface area contributed by atoms with Crippen LogP contribution in [-0.4, -0.2) is 33.0 Å². The smallest absolute Gasteiger partial charge is 0.328 e. The Kier molecular flexibility index (Phi) is 2.08. The first-order valence-electron chi connectivity index (χ1n) is 4.33. The number of aromatic hydroxyl groups is 1. The van der Waals surface area contributed by atoms with Crippen molar-refractivity contribution in [2.24, 2.45) is 5.73 Å². The average Bonchev–Trinajstić information content (AvgIpc) is 2.54. The van der Waals surface area contributed by atoms with E-state index in [2.05, 4.69) is 4.98 Å². The molecule has 0 bridgehead atoms. The number of carbonyl (C=O) groups excluding carboxylic acids is 1. The lowest BCUT2D eigenvalue weighted by molar-refractivity contribution is 0.0997. The van der Waals surface area contributed by atoms with Gasteiger partial charge in [-0.15, -0.1) is 4.73 Å². The Morgan fingerprint density at radius 2 is 2.25 bits per heavy atom. The monoisotopic (exact) mass is 223 g/mol. The second-order valence-electron chi connectivity index (χ2n) is 3.10. The highest BCUT2D eigenvalue weighted by Crippen LogP contribution is 2.30. The lowest BCUT2D eigenvalue weighted by Gasteiger charge is -2.05. The van der Waals surface area contributed by atoms with Gasteiger partial charge in [0.25, 0.3) is 5.91 Å². The molecule has 7 heteroatoms. The van der Waals surface area contributed by atoms with Crippen LogP contribution in [0.5, 0.6) is 11.8 Å². The summed E-state index contributed by atoms with van der Waals surface area (Å²) >= 11 is 0. The molecule has 4 N–H and O–H groups in total. The zero-order valence-corrected chi connectivity index (χ0v) is 8.34. The van der Waals surface area contributed by atoms with Gasteiger partial charge in [-0.05, 0) is 12.1 Å². The standard InChI is InChI=1S/C9H9N3O4/c1-16-7-4(8(10)13)2-3-5-6(7)11-9(14)12(5)15/h2-3,15H,1H3,(H2,10,13)(H,11,14). The number of nitrogens with two attached hydrogens (primary N) is 1. The molecule has 0 aliphatic carbocycles. The predicted molar refractivity (Wildman–Crippen MR) is 53.7 cm³/mol. The minimum absolute atomic E-state index is 0.119. The first-order chi connectivity index (χ1) is 7.56. The molecule has 1 amide bonds. The molecular weight excluding hydrogens is 214 g/mol. The molecule has 0 spiro atoms. The zero-order valence-electron chi connectivity index (χ0n) is 8.34. The van der Waals surface area contributed by atoms with E-state index in [1.165, 1.54) is 19.2 Å². The molecule has 1 heterocycles. The van der Waals surface area contributed by atoms with Crippen LogP contribution < -0.4 is 10.5 Å². The van der Waals surface area contributed by atoms with Crippen molar-refractivity contribution in [3.8, 4) is 11.8 Å². The van der Waals surface area contributed by atoms with Gasteiger partial charge in [-0.2, -0.15) is 4.98 Å². The van der Waals surface area contributed by atoms with Crippen LogP contribution in [0, 0.1) is 0 Å². The van der Waals surface area contributed by atoms with Crippen molar-refractivity contribution in [2.45, 2.75) is 0 Å². The molecule has 0 radical (unpaired) electrons. The largest absolute Gasteiger partial charge is 0.494 e. The summed E-state index contributed by atoms with van der Waals surface area (Å²) in [6, 6.07) is 2.21. The highest BCUT2D eigenvalue weighted by atomic mass is 16.5. The maximum Gasteiger partial charge on any atom is 0.328 e. The lowest BCUT2D eigenvalue weighted by atomic mass is 10.1. The van der Waals surface area contributed by atoms with Crippen molar-refractivity contribution in [3.63, 3.8) is 0 Å². The fraction of sp³-hybridized carbons (Fsp3) is 0.111. The molecule has 16 heavy (non-hydrogen) atoms. The van der Waals surface area contributed by atoms with Gasteiger partial charge in [0.05, 0.1) is 12.7 Å². The summed E-state index contributed by atoms with van der Waals surface area (Å²) in [5.74, 6) is -0.557. The topological polar surface area (TPSA) is 111 Å². The van der Waals surface area contributed by atoms with Gasteiger partial charge >= 0.3 is 6.01 Å². The summed E-state index contributed by atoms with van der Waals surface area (Å²) in [5.41, 5.74) is 5.67. The molecule has 1 aromatic carbocycles. The summed E-state index contributed by atoms with van der Waals surface area (Å²) in [6.45, 7) is 0. The third-order valence-electron chi connectivity index (χ3n) is 2.21. The molecule has 2 aromatic rings. The molecule has 0 saturated heterocycles. The molecule has 0 unspecified atom stereocenters. The number of ether oxygens (including phenoxy) is 1. The lowest BCUT2D eigenvalue weighted by Crippen LogP contribution is -2.12. The second-order valence-corrected chi connectivity index (χ2v) is 3.10. The minimum Gasteiger partial charge on any atom is -0.494 e. The summed E-state index contributed by atoms with van der Waals surface area (Å²) in [7, 11) is 1.34. The molecule has 7 nitrogen and oxygen atoms in total. The van der Waals surface area contributed by atoms with Crippen molar-refractivity contribution in [1.29, 1.82) is 0 Å². The fourth-order valence-electron chi connectivity index (χ4n) is 1.50. The van der Waals surface area contributed by atoms with Crippen molar-refractivity contribution >= 4 is 16.9 Å². The zero-order chi connectivity index (χ0) is 11.9. The van der Waals surface area contributed by atoms with E-state index in [-0.39, 0.29) is 22.3 Å². The van der Waals surface area contributed by atoms with E-state index in [1.54, 1.807) is 0 Å². The van der Waals surface area contributed by atoms with Crippen molar-refractivity contribution < 1.29 is 19.8 Å². The van der Waals surface area contributed by atoms with Gasteiger partial charge in [0, 0.05) is 0 Å². The third kappa shape index (κ3) is 1.22. The molecule has 0 fully saturated rings. The van der Waals surface area contributed by atoms with Crippen LogP contribution in [0.1, 0.15) is 10.4 Å². The predicted octanol–water partition coefficient (Wildman–Crippen LogP) is 0.0867. The van der Waals surface area contributed by atoms with Crippen LogP contribution >= 0.6 is 0 Å². The Balaban J connectivity index is 2.86. The number of primary amides is 1. The van der Waals surface area contributed by atoms with Crippen LogP contribution in [-0.2, 0) is 0 Å². The van der Waals surface area contributed by atoms with E-state index < -0.39 is 11.9 Å². The Labute approximate surface area is 89.6 Å². The molecule has 0 atom stereocenters. The van der Waals surface area contributed by atoms with Gasteiger partial charge in [-0.1, -0.05) is 0 Å².